The van der Waals surface area contributed by atoms with Crippen molar-refractivity contribution < 1.29 is 19.4 Å². The third-order valence-electron chi connectivity index (χ3n) is 4.69. The van der Waals surface area contributed by atoms with E-state index in [0.717, 1.165) is 22.1 Å². The van der Waals surface area contributed by atoms with E-state index in [1.807, 2.05) is 36.4 Å². The second kappa shape index (κ2) is 7.42. The molecule has 1 heterocycles. The molecule has 0 bridgehead atoms. The van der Waals surface area contributed by atoms with Crippen LogP contribution in [0.2, 0.25) is 0 Å². The van der Waals surface area contributed by atoms with Gasteiger partial charge < -0.3 is 20.1 Å². The summed E-state index contributed by atoms with van der Waals surface area (Å²) in [4.78, 5) is 25.2. The lowest BCUT2D eigenvalue weighted by Crippen LogP contribution is -2.46. The van der Waals surface area contributed by atoms with E-state index in [4.69, 9.17) is 9.84 Å². The van der Waals surface area contributed by atoms with Gasteiger partial charge in [0.25, 0.3) is 0 Å². The van der Waals surface area contributed by atoms with Gasteiger partial charge in [-0.25, -0.2) is 4.79 Å². The van der Waals surface area contributed by atoms with Gasteiger partial charge >= 0.3 is 12.0 Å². The summed E-state index contributed by atoms with van der Waals surface area (Å²) in [5, 5.41) is 14.2. The highest BCUT2D eigenvalue weighted by Crippen LogP contribution is 2.28. The first-order chi connectivity index (χ1) is 12.1. The second-order valence-electron chi connectivity index (χ2n) is 6.25. The SMILES string of the molecule is COc1ccc2ccccc2c1CNC(=O)N1CCCC(C(=O)O)C1. The Balaban J connectivity index is 1.74. The number of piperidine rings is 1. The topological polar surface area (TPSA) is 78.9 Å². The Kier molecular flexibility index (Phi) is 5.07. The minimum atomic E-state index is -0.840. The van der Waals surface area contributed by atoms with Gasteiger partial charge in [0.2, 0.25) is 0 Å². The van der Waals surface area contributed by atoms with Crippen LogP contribution in [0.25, 0.3) is 10.8 Å². The number of carbonyl (C=O) groups excluding carboxylic acids is 1. The van der Waals surface area contributed by atoms with Crippen LogP contribution in [0.5, 0.6) is 5.75 Å². The number of hydrogen-bond acceptors (Lipinski definition) is 3. The maximum absolute atomic E-state index is 12.5. The van der Waals surface area contributed by atoms with Gasteiger partial charge in [-0.1, -0.05) is 30.3 Å². The van der Waals surface area contributed by atoms with Gasteiger partial charge in [-0.15, -0.1) is 0 Å². The molecule has 1 aliphatic rings. The van der Waals surface area contributed by atoms with Crippen LogP contribution in [-0.2, 0) is 11.3 Å². The number of carbonyl (C=O) groups is 2. The number of carboxylic acid groups (broad SMARTS) is 1. The summed E-state index contributed by atoms with van der Waals surface area (Å²) in [6.45, 7) is 1.17. The van der Waals surface area contributed by atoms with Gasteiger partial charge in [0.05, 0.1) is 13.0 Å². The van der Waals surface area contributed by atoms with Gasteiger partial charge in [-0.05, 0) is 29.7 Å². The van der Waals surface area contributed by atoms with Crippen molar-refractivity contribution in [3.05, 3.63) is 42.0 Å². The highest BCUT2D eigenvalue weighted by Gasteiger charge is 2.28. The molecule has 6 nitrogen and oxygen atoms in total. The van der Waals surface area contributed by atoms with Crippen molar-refractivity contribution in [1.29, 1.82) is 0 Å². The minimum Gasteiger partial charge on any atom is -0.496 e. The number of carboxylic acids is 1. The van der Waals surface area contributed by atoms with Crippen molar-refractivity contribution in [2.75, 3.05) is 20.2 Å². The lowest BCUT2D eigenvalue weighted by Gasteiger charge is -2.30. The lowest BCUT2D eigenvalue weighted by molar-refractivity contribution is -0.143. The van der Waals surface area contributed by atoms with Crippen LogP contribution in [0.4, 0.5) is 4.79 Å². The van der Waals surface area contributed by atoms with E-state index in [-0.39, 0.29) is 12.6 Å². The van der Waals surface area contributed by atoms with E-state index < -0.39 is 11.9 Å². The van der Waals surface area contributed by atoms with Crippen molar-refractivity contribution in [1.82, 2.24) is 10.2 Å². The average Bonchev–Trinajstić information content (AvgIpc) is 2.65. The zero-order valence-corrected chi connectivity index (χ0v) is 14.2. The maximum atomic E-state index is 12.5. The standard InChI is InChI=1S/C19H22N2O4/c1-25-17-9-8-13-5-2-3-7-15(13)16(17)11-20-19(24)21-10-4-6-14(12-21)18(22)23/h2-3,5,7-9,14H,4,6,10-12H2,1H3,(H,20,24)(H,22,23). The summed E-state index contributed by atoms with van der Waals surface area (Å²) in [6, 6.07) is 11.6. The van der Waals surface area contributed by atoms with Gasteiger partial charge in [-0.2, -0.15) is 0 Å². The van der Waals surface area contributed by atoms with E-state index in [2.05, 4.69) is 5.32 Å². The van der Waals surface area contributed by atoms with E-state index in [9.17, 15) is 9.59 Å². The maximum Gasteiger partial charge on any atom is 0.317 e. The quantitative estimate of drug-likeness (QED) is 0.895. The second-order valence-corrected chi connectivity index (χ2v) is 6.25. The van der Waals surface area contributed by atoms with Crippen LogP contribution in [0.15, 0.2) is 36.4 Å². The lowest BCUT2D eigenvalue weighted by atomic mass is 9.99. The molecule has 0 aliphatic carbocycles. The van der Waals surface area contributed by atoms with Crippen LogP contribution < -0.4 is 10.1 Å². The first-order valence-corrected chi connectivity index (χ1v) is 8.40. The van der Waals surface area contributed by atoms with Crippen LogP contribution in [0.1, 0.15) is 18.4 Å². The fraction of sp³-hybridized carbons (Fsp3) is 0.368. The van der Waals surface area contributed by atoms with E-state index in [0.29, 0.717) is 25.9 Å². The molecule has 132 valence electrons. The van der Waals surface area contributed by atoms with Crippen molar-refractivity contribution in [3.63, 3.8) is 0 Å². The Labute approximate surface area is 146 Å². The molecule has 1 atom stereocenters. The van der Waals surface area contributed by atoms with E-state index in [1.165, 1.54) is 0 Å². The third-order valence-corrected chi connectivity index (χ3v) is 4.69. The number of urea groups is 1. The number of nitrogens with zero attached hydrogens (tertiary/aromatic N) is 1. The number of aliphatic carboxylic acids is 1. The Morgan fingerprint density at radius 1 is 1.28 bits per heavy atom. The zero-order chi connectivity index (χ0) is 17.8. The number of likely N-dealkylation sites (tertiary alicyclic amines) is 1. The monoisotopic (exact) mass is 342 g/mol. The summed E-state index contributed by atoms with van der Waals surface area (Å²) in [6.07, 6.45) is 1.33. The Morgan fingerprint density at radius 2 is 2.08 bits per heavy atom. The number of ether oxygens (including phenoxy) is 1. The molecule has 2 aromatic rings. The molecule has 2 amide bonds. The van der Waals surface area contributed by atoms with Gasteiger partial charge in [0.15, 0.2) is 0 Å². The zero-order valence-electron chi connectivity index (χ0n) is 14.2. The predicted molar refractivity (Wildman–Crippen MR) is 94.7 cm³/mol. The molecule has 1 unspecified atom stereocenters. The molecule has 0 saturated carbocycles. The normalized spacial score (nSPS) is 17.3. The Bertz CT molecular complexity index is 790. The summed E-state index contributed by atoms with van der Waals surface area (Å²) in [7, 11) is 1.61. The fourth-order valence-electron chi connectivity index (χ4n) is 3.33. The fourth-order valence-corrected chi connectivity index (χ4v) is 3.33. The van der Waals surface area contributed by atoms with Gasteiger partial charge in [0, 0.05) is 25.2 Å². The van der Waals surface area contributed by atoms with Crippen molar-refractivity contribution in [2.24, 2.45) is 5.92 Å². The molecule has 2 aromatic carbocycles. The van der Waals surface area contributed by atoms with Crippen LogP contribution >= 0.6 is 0 Å². The number of amides is 2. The summed E-state index contributed by atoms with van der Waals surface area (Å²) >= 11 is 0. The summed E-state index contributed by atoms with van der Waals surface area (Å²) in [5.74, 6) is -0.596. The summed E-state index contributed by atoms with van der Waals surface area (Å²) in [5.41, 5.74) is 0.917. The number of fused-ring (bicyclic) bond motifs is 1. The largest absolute Gasteiger partial charge is 0.496 e. The van der Waals surface area contributed by atoms with Crippen LogP contribution in [-0.4, -0.2) is 42.2 Å². The minimum absolute atomic E-state index is 0.235. The Morgan fingerprint density at radius 3 is 2.84 bits per heavy atom. The van der Waals surface area contributed by atoms with Crippen molar-refractivity contribution in [3.8, 4) is 5.75 Å². The highest BCUT2D eigenvalue weighted by molar-refractivity contribution is 5.88. The molecular formula is C19H22N2O4. The number of nitrogens with one attached hydrogen (secondary N) is 1. The molecule has 1 aliphatic heterocycles. The molecule has 0 aromatic heterocycles. The molecule has 3 rings (SSSR count). The van der Waals surface area contributed by atoms with Crippen LogP contribution in [0.3, 0.4) is 0 Å². The number of methoxy groups -OCH3 is 1. The van der Waals surface area contributed by atoms with Crippen LogP contribution in [0, 0.1) is 5.92 Å². The smallest absolute Gasteiger partial charge is 0.317 e. The molecule has 1 saturated heterocycles. The van der Waals surface area contributed by atoms with Gasteiger partial charge in [0.1, 0.15) is 5.75 Å². The van der Waals surface area contributed by atoms with E-state index >= 15 is 0 Å². The molecule has 25 heavy (non-hydrogen) atoms. The number of rotatable bonds is 4. The van der Waals surface area contributed by atoms with Gasteiger partial charge in [-0.3, -0.25) is 4.79 Å². The average molecular weight is 342 g/mol. The van der Waals surface area contributed by atoms with Crippen molar-refractivity contribution in [2.45, 2.75) is 19.4 Å². The first-order valence-electron chi connectivity index (χ1n) is 8.40. The Hall–Kier alpha value is -2.76. The number of benzene rings is 2. The molecular weight excluding hydrogens is 320 g/mol. The predicted octanol–water partition coefficient (Wildman–Crippen LogP) is 2.85. The van der Waals surface area contributed by atoms with Crippen molar-refractivity contribution >= 4 is 22.8 Å². The first kappa shape index (κ1) is 17.1. The molecule has 2 N–H and O–H groups in total. The third kappa shape index (κ3) is 3.68. The summed E-state index contributed by atoms with van der Waals surface area (Å²) < 4.78 is 5.44. The molecule has 1 fully saturated rings. The number of hydrogen-bond donors (Lipinski definition) is 2. The molecule has 6 heteroatoms. The highest BCUT2D eigenvalue weighted by atomic mass is 16.5. The van der Waals surface area contributed by atoms with E-state index in [1.54, 1.807) is 12.0 Å². The molecule has 0 radical (unpaired) electrons. The molecule has 0 spiro atoms.